The molecule has 4 aliphatic rings. The number of rotatable bonds is 16. The number of hydrogen-bond donors (Lipinski definition) is 2. The first-order valence-corrected chi connectivity index (χ1v) is 21.7. The Morgan fingerprint density at radius 3 is 1.34 bits per heavy atom. The monoisotopic (exact) mass is 844 g/mol. The quantitative estimate of drug-likeness (QED) is 0.0804. The van der Waals surface area contributed by atoms with Crippen molar-refractivity contribution in [2.45, 2.75) is 49.7 Å². The van der Waals surface area contributed by atoms with Crippen LogP contribution in [0.1, 0.15) is 49.7 Å². The molecule has 326 valence electrons. The third-order valence-electron chi connectivity index (χ3n) is 12.7. The molecule has 4 aromatic rings. The zero-order valence-corrected chi connectivity index (χ0v) is 35.6. The van der Waals surface area contributed by atoms with Gasteiger partial charge in [0.15, 0.2) is 0 Å². The van der Waals surface area contributed by atoms with Crippen molar-refractivity contribution in [3.8, 4) is 11.5 Å². The van der Waals surface area contributed by atoms with Gasteiger partial charge in [-0.1, -0.05) is 48.5 Å². The van der Waals surface area contributed by atoms with Crippen LogP contribution in [0.25, 0.3) is 0 Å². The largest absolute Gasteiger partial charge is 0.497 e. The number of methoxy groups -OCH3 is 2. The molecule has 0 bridgehead atoms. The summed E-state index contributed by atoms with van der Waals surface area (Å²) in [5.74, 6) is -2.02. The standard InChI is InChI=1S/C48H56N6O8/c1-59-37-15-11-13-35(33-37)53-29-25-51(26-30-53)23-9-7-21-47(39-17-3-5-19-41(39)49-45(47)57)61-43(55)44(56)62-48(40-18-4-6-20-42(40)50-46(48)58)22-8-10-24-52-27-31-54(32-28-52)36-14-12-16-38(34-36)60-2/h3-6,11-20,33-34H,7-10,21-32H2,1-2H3,(H,49,57)(H,50,58). The van der Waals surface area contributed by atoms with E-state index in [9.17, 15) is 19.2 Å². The molecule has 2 saturated heterocycles. The van der Waals surface area contributed by atoms with Crippen LogP contribution in [0.4, 0.5) is 22.7 Å². The topological polar surface area (TPSA) is 142 Å². The summed E-state index contributed by atoms with van der Waals surface area (Å²) in [5.41, 5.74) is 0.806. The fraction of sp³-hybridized carbons (Fsp3) is 0.417. The molecule has 0 radical (unpaired) electrons. The lowest BCUT2D eigenvalue weighted by atomic mass is 9.89. The fourth-order valence-corrected chi connectivity index (χ4v) is 9.27. The van der Waals surface area contributed by atoms with Crippen molar-refractivity contribution in [1.29, 1.82) is 0 Å². The van der Waals surface area contributed by atoms with Crippen molar-refractivity contribution in [3.63, 3.8) is 0 Å². The molecule has 4 aromatic carbocycles. The Kier molecular flexibility index (Phi) is 13.0. The van der Waals surface area contributed by atoms with Crippen LogP contribution < -0.4 is 29.9 Å². The third kappa shape index (κ3) is 8.93. The smallest absolute Gasteiger partial charge is 0.418 e. The van der Waals surface area contributed by atoms with E-state index in [0.29, 0.717) is 35.3 Å². The van der Waals surface area contributed by atoms with Gasteiger partial charge in [0.05, 0.1) is 14.2 Å². The van der Waals surface area contributed by atoms with Gasteiger partial charge < -0.3 is 39.4 Å². The van der Waals surface area contributed by atoms with Crippen molar-refractivity contribution in [2.75, 3.05) is 100 Å². The Balaban J connectivity index is 0.887. The van der Waals surface area contributed by atoms with Gasteiger partial charge in [-0.2, -0.15) is 0 Å². The van der Waals surface area contributed by atoms with Crippen LogP contribution in [-0.4, -0.2) is 113 Å². The predicted molar refractivity (Wildman–Crippen MR) is 237 cm³/mol. The maximum absolute atomic E-state index is 13.9. The molecule has 14 heteroatoms. The molecular weight excluding hydrogens is 789 g/mol. The zero-order valence-electron chi connectivity index (χ0n) is 35.6. The number of unbranched alkanes of at least 4 members (excludes halogenated alkanes) is 2. The second-order valence-corrected chi connectivity index (χ2v) is 16.4. The van der Waals surface area contributed by atoms with Crippen LogP contribution in [-0.2, 0) is 39.9 Å². The molecule has 2 amide bonds. The molecule has 0 aliphatic carbocycles. The van der Waals surface area contributed by atoms with Crippen LogP contribution in [0.5, 0.6) is 11.5 Å². The van der Waals surface area contributed by atoms with Gasteiger partial charge in [0.25, 0.3) is 11.8 Å². The van der Waals surface area contributed by atoms with E-state index in [1.807, 2.05) is 36.4 Å². The van der Waals surface area contributed by atoms with Crippen molar-refractivity contribution in [2.24, 2.45) is 0 Å². The summed E-state index contributed by atoms with van der Waals surface area (Å²) in [4.78, 5) is 65.0. The maximum atomic E-state index is 13.9. The summed E-state index contributed by atoms with van der Waals surface area (Å²) in [6.07, 6.45) is 2.93. The zero-order chi connectivity index (χ0) is 43.1. The molecule has 2 unspecified atom stereocenters. The van der Waals surface area contributed by atoms with Gasteiger partial charge in [0, 0.05) is 111 Å². The number of nitrogens with one attached hydrogen (secondary N) is 2. The number of anilines is 4. The van der Waals surface area contributed by atoms with Crippen molar-refractivity contribution >= 4 is 46.5 Å². The number of piperazine rings is 2. The summed E-state index contributed by atoms with van der Waals surface area (Å²) < 4.78 is 22.8. The minimum Gasteiger partial charge on any atom is -0.497 e. The second kappa shape index (κ2) is 18.9. The summed E-state index contributed by atoms with van der Waals surface area (Å²) in [7, 11) is 3.34. The Morgan fingerprint density at radius 1 is 0.532 bits per heavy atom. The Labute approximate surface area is 363 Å². The fourth-order valence-electron chi connectivity index (χ4n) is 9.27. The predicted octanol–water partition coefficient (Wildman–Crippen LogP) is 5.77. The van der Waals surface area contributed by atoms with Crippen LogP contribution >= 0.6 is 0 Å². The van der Waals surface area contributed by atoms with E-state index in [1.165, 1.54) is 0 Å². The lowest BCUT2D eigenvalue weighted by molar-refractivity contribution is -0.189. The molecule has 8 rings (SSSR count). The molecule has 2 fully saturated rings. The lowest BCUT2D eigenvalue weighted by Gasteiger charge is -2.36. The normalized spacial score (nSPS) is 21.1. The Hall–Kier alpha value is -6.12. The second-order valence-electron chi connectivity index (χ2n) is 16.4. The molecule has 0 aromatic heterocycles. The lowest BCUT2D eigenvalue weighted by Crippen LogP contribution is -2.47. The van der Waals surface area contributed by atoms with Crippen LogP contribution in [0, 0.1) is 0 Å². The summed E-state index contributed by atoms with van der Waals surface area (Å²) in [6.45, 7) is 8.63. The first-order valence-electron chi connectivity index (χ1n) is 21.7. The number of carbonyl (C=O) groups is 4. The van der Waals surface area contributed by atoms with E-state index >= 15 is 0 Å². The van der Waals surface area contributed by atoms with Crippen molar-refractivity contribution < 1.29 is 38.1 Å². The van der Waals surface area contributed by atoms with Crippen molar-refractivity contribution in [3.05, 3.63) is 108 Å². The molecular formula is C48H56N6O8. The third-order valence-corrected chi connectivity index (χ3v) is 12.7. The number of para-hydroxylation sites is 2. The highest BCUT2D eigenvalue weighted by atomic mass is 16.6. The molecule has 14 nitrogen and oxygen atoms in total. The highest BCUT2D eigenvalue weighted by Crippen LogP contribution is 2.45. The van der Waals surface area contributed by atoms with E-state index < -0.39 is 35.0 Å². The number of amides is 2. The first-order chi connectivity index (χ1) is 30.2. The SMILES string of the molecule is COc1cccc(N2CCN(CCCCC3(OC(=O)C(=O)OC4(CCCCN5CCN(c6cccc(OC)c6)CC5)C(=O)Nc5ccccc54)C(=O)Nc4ccccc43)CC2)c1. The number of nitrogens with zero attached hydrogens (tertiary/aromatic N) is 4. The van der Waals surface area contributed by atoms with Gasteiger partial charge in [-0.05, 0) is 75.2 Å². The molecule has 4 heterocycles. The van der Waals surface area contributed by atoms with Crippen LogP contribution in [0.15, 0.2) is 97.1 Å². The average Bonchev–Trinajstić information content (AvgIpc) is 3.74. The number of fused-ring (bicyclic) bond motifs is 2. The number of benzene rings is 4. The summed E-state index contributed by atoms with van der Waals surface area (Å²) >= 11 is 0. The van der Waals surface area contributed by atoms with E-state index in [1.54, 1.807) is 62.8 Å². The van der Waals surface area contributed by atoms with Gasteiger partial charge in [0.1, 0.15) is 11.5 Å². The Morgan fingerprint density at radius 2 is 0.935 bits per heavy atom. The minimum absolute atomic E-state index is 0.168. The number of esters is 2. The van der Waals surface area contributed by atoms with Crippen LogP contribution in [0.3, 0.4) is 0 Å². The number of hydrogen-bond acceptors (Lipinski definition) is 12. The number of carbonyl (C=O) groups excluding carboxylic acids is 4. The van der Waals surface area contributed by atoms with E-state index in [0.717, 1.165) is 101 Å². The minimum atomic E-state index is -1.74. The summed E-state index contributed by atoms with van der Waals surface area (Å²) in [5, 5.41) is 5.72. The van der Waals surface area contributed by atoms with Gasteiger partial charge >= 0.3 is 11.9 Å². The Bertz CT molecular complexity index is 2100. The molecule has 0 saturated carbocycles. The first kappa shape index (κ1) is 42.6. The van der Waals surface area contributed by atoms with E-state index in [-0.39, 0.29) is 12.8 Å². The average molecular weight is 845 g/mol. The molecule has 2 N–H and O–H groups in total. The molecule has 0 spiro atoms. The van der Waals surface area contributed by atoms with Gasteiger partial charge in [-0.3, -0.25) is 19.4 Å². The van der Waals surface area contributed by atoms with E-state index in [4.69, 9.17) is 18.9 Å². The maximum Gasteiger partial charge on any atom is 0.418 e. The van der Waals surface area contributed by atoms with Gasteiger partial charge in [0.2, 0.25) is 11.2 Å². The highest BCUT2D eigenvalue weighted by molar-refractivity contribution is 6.31. The van der Waals surface area contributed by atoms with Crippen molar-refractivity contribution in [1.82, 2.24) is 9.80 Å². The number of ether oxygens (including phenoxy) is 4. The van der Waals surface area contributed by atoms with E-state index in [2.05, 4.69) is 42.4 Å². The van der Waals surface area contributed by atoms with Crippen LogP contribution in [0.2, 0.25) is 0 Å². The molecule has 2 atom stereocenters. The van der Waals surface area contributed by atoms with Gasteiger partial charge in [-0.15, -0.1) is 0 Å². The molecule has 62 heavy (non-hydrogen) atoms. The molecule has 4 aliphatic heterocycles. The summed E-state index contributed by atoms with van der Waals surface area (Å²) in [6, 6.07) is 30.3. The highest BCUT2D eigenvalue weighted by Gasteiger charge is 2.54. The van der Waals surface area contributed by atoms with Gasteiger partial charge in [-0.25, -0.2) is 9.59 Å².